The quantitative estimate of drug-likeness (QED) is 0.805. The topological polar surface area (TPSA) is 70.7 Å². The molecule has 1 N–H and O–H groups in total. The second-order valence-electron chi connectivity index (χ2n) is 4.99. The summed E-state index contributed by atoms with van der Waals surface area (Å²) in [5.74, 6) is -0.00987. The minimum absolute atomic E-state index is 0.275. The Morgan fingerprint density at radius 3 is 2.39 bits per heavy atom. The van der Waals surface area contributed by atoms with Crippen LogP contribution in [0.15, 0.2) is 67.0 Å². The Hall–Kier alpha value is -3.39. The molecule has 5 heteroatoms. The Morgan fingerprint density at radius 1 is 1.09 bits per heavy atom. The second kappa shape index (κ2) is 6.58. The first-order chi connectivity index (χ1) is 11.3. The summed E-state index contributed by atoms with van der Waals surface area (Å²) < 4.78 is 1.72. The summed E-state index contributed by atoms with van der Waals surface area (Å²) in [6.07, 6.45) is 1.56. The smallest absolute Gasteiger partial charge is 0.256 e. The number of rotatable bonds is 4. The summed E-state index contributed by atoms with van der Waals surface area (Å²) in [5, 5.41) is 12.1. The lowest BCUT2D eigenvalue weighted by molar-refractivity contribution is 0.102. The van der Waals surface area contributed by atoms with Crippen molar-refractivity contribution in [1.82, 2.24) is 9.55 Å². The van der Waals surface area contributed by atoms with Crippen molar-refractivity contribution in [1.29, 1.82) is 5.26 Å². The maximum atomic E-state index is 12.2. The Morgan fingerprint density at radius 2 is 1.74 bits per heavy atom. The van der Waals surface area contributed by atoms with E-state index >= 15 is 0 Å². The Labute approximate surface area is 133 Å². The van der Waals surface area contributed by atoms with Crippen LogP contribution in [0.25, 0.3) is 0 Å². The number of amides is 1. The fourth-order valence-corrected chi connectivity index (χ4v) is 2.26. The van der Waals surface area contributed by atoms with Gasteiger partial charge in [0, 0.05) is 12.1 Å². The maximum Gasteiger partial charge on any atom is 0.256 e. The van der Waals surface area contributed by atoms with E-state index in [1.54, 1.807) is 35.2 Å². The molecule has 0 aliphatic rings. The Bertz CT molecular complexity index is 848. The third-order valence-electron chi connectivity index (χ3n) is 3.41. The van der Waals surface area contributed by atoms with Crippen molar-refractivity contribution < 1.29 is 4.79 Å². The van der Waals surface area contributed by atoms with Crippen LogP contribution in [0.4, 0.5) is 5.82 Å². The monoisotopic (exact) mass is 302 g/mol. The molecule has 23 heavy (non-hydrogen) atoms. The second-order valence-corrected chi connectivity index (χ2v) is 4.99. The van der Waals surface area contributed by atoms with E-state index in [-0.39, 0.29) is 11.7 Å². The number of nitrogens with one attached hydrogen (secondary N) is 1. The molecule has 0 radical (unpaired) electrons. The van der Waals surface area contributed by atoms with Crippen molar-refractivity contribution in [2.24, 2.45) is 0 Å². The maximum absolute atomic E-state index is 12.2. The van der Waals surface area contributed by atoms with Crippen molar-refractivity contribution in [2.45, 2.75) is 6.54 Å². The molecule has 5 nitrogen and oxygen atoms in total. The number of nitrogens with zero attached hydrogens (tertiary/aromatic N) is 3. The standard InChI is InChI=1S/C18H14N4O/c19-11-16-17(21-18(23)15-9-5-2-6-10-15)20-13-22(16)12-14-7-3-1-4-8-14/h1-10,13H,12H2,(H,21,23). The number of hydrogen-bond donors (Lipinski definition) is 1. The van der Waals surface area contributed by atoms with Gasteiger partial charge in [-0.05, 0) is 17.7 Å². The van der Waals surface area contributed by atoms with Gasteiger partial charge in [-0.1, -0.05) is 48.5 Å². The molecule has 112 valence electrons. The average molecular weight is 302 g/mol. The van der Waals surface area contributed by atoms with Crippen LogP contribution in [-0.4, -0.2) is 15.5 Å². The number of carbonyl (C=O) groups is 1. The number of hydrogen-bond acceptors (Lipinski definition) is 3. The molecule has 1 aromatic heterocycles. The van der Waals surface area contributed by atoms with Gasteiger partial charge in [-0.3, -0.25) is 4.79 Å². The number of carbonyl (C=O) groups excluding carboxylic acids is 1. The van der Waals surface area contributed by atoms with Crippen LogP contribution in [0, 0.1) is 11.3 Å². The van der Waals surface area contributed by atoms with Crippen molar-refractivity contribution in [3.05, 3.63) is 83.8 Å². The molecular formula is C18H14N4O. The average Bonchev–Trinajstić information content (AvgIpc) is 2.98. The van der Waals surface area contributed by atoms with Gasteiger partial charge in [0.2, 0.25) is 0 Å². The SMILES string of the molecule is N#Cc1c(NC(=O)c2ccccc2)ncn1Cc1ccccc1. The molecule has 0 fully saturated rings. The normalized spacial score (nSPS) is 10.0. The van der Waals surface area contributed by atoms with Crippen LogP contribution >= 0.6 is 0 Å². The molecule has 2 aromatic carbocycles. The Kier molecular flexibility index (Phi) is 4.16. The van der Waals surface area contributed by atoms with Crippen molar-refractivity contribution in [3.8, 4) is 6.07 Å². The van der Waals surface area contributed by atoms with Gasteiger partial charge in [0.05, 0.1) is 6.33 Å². The van der Waals surface area contributed by atoms with Gasteiger partial charge in [0.15, 0.2) is 11.5 Å². The zero-order chi connectivity index (χ0) is 16.1. The molecule has 0 spiro atoms. The molecule has 3 aromatic rings. The van der Waals surface area contributed by atoms with Gasteiger partial charge >= 0.3 is 0 Å². The van der Waals surface area contributed by atoms with Gasteiger partial charge in [-0.25, -0.2) is 4.98 Å². The van der Waals surface area contributed by atoms with Gasteiger partial charge in [-0.2, -0.15) is 5.26 Å². The first kappa shape index (κ1) is 14.5. The summed E-state index contributed by atoms with van der Waals surface area (Å²) in [7, 11) is 0. The highest BCUT2D eigenvalue weighted by Gasteiger charge is 2.14. The third-order valence-corrected chi connectivity index (χ3v) is 3.41. The fraction of sp³-hybridized carbons (Fsp3) is 0.0556. The fourth-order valence-electron chi connectivity index (χ4n) is 2.26. The lowest BCUT2D eigenvalue weighted by Crippen LogP contribution is -2.13. The van der Waals surface area contributed by atoms with E-state index in [1.807, 2.05) is 36.4 Å². The minimum Gasteiger partial charge on any atom is -0.316 e. The van der Waals surface area contributed by atoms with E-state index in [0.29, 0.717) is 17.8 Å². The molecule has 3 rings (SSSR count). The van der Waals surface area contributed by atoms with Crippen LogP contribution in [0.5, 0.6) is 0 Å². The molecule has 1 amide bonds. The van der Waals surface area contributed by atoms with E-state index < -0.39 is 0 Å². The molecule has 0 saturated carbocycles. The van der Waals surface area contributed by atoms with Crippen LogP contribution < -0.4 is 5.32 Å². The van der Waals surface area contributed by atoms with E-state index in [9.17, 15) is 10.1 Å². The van der Waals surface area contributed by atoms with Gasteiger partial charge in [0.25, 0.3) is 5.91 Å². The van der Waals surface area contributed by atoms with Crippen LogP contribution in [-0.2, 0) is 6.54 Å². The molecule has 1 heterocycles. The van der Waals surface area contributed by atoms with E-state index in [2.05, 4.69) is 16.4 Å². The molecule has 0 aliphatic heterocycles. The predicted molar refractivity (Wildman–Crippen MR) is 86.9 cm³/mol. The first-order valence-corrected chi connectivity index (χ1v) is 7.13. The van der Waals surface area contributed by atoms with Crippen LogP contribution in [0.3, 0.4) is 0 Å². The summed E-state index contributed by atoms with van der Waals surface area (Å²) in [4.78, 5) is 16.3. The molecular weight excluding hydrogens is 288 g/mol. The molecule has 0 unspecified atom stereocenters. The van der Waals surface area contributed by atoms with E-state index in [4.69, 9.17) is 0 Å². The minimum atomic E-state index is -0.285. The van der Waals surface area contributed by atoms with Crippen molar-refractivity contribution in [3.63, 3.8) is 0 Å². The zero-order valence-corrected chi connectivity index (χ0v) is 12.3. The van der Waals surface area contributed by atoms with Crippen LogP contribution in [0.2, 0.25) is 0 Å². The molecule has 0 aliphatic carbocycles. The molecule has 0 bridgehead atoms. The number of benzene rings is 2. The first-order valence-electron chi connectivity index (χ1n) is 7.13. The zero-order valence-electron chi connectivity index (χ0n) is 12.3. The highest BCUT2D eigenvalue weighted by molar-refractivity contribution is 6.04. The van der Waals surface area contributed by atoms with Crippen LogP contribution in [0.1, 0.15) is 21.6 Å². The van der Waals surface area contributed by atoms with Crippen molar-refractivity contribution >= 4 is 11.7 Å². The van der Waals surface area contributed by atoms with E-state index in [1.165, 1.54) is 0 Å². The highest BCUT2D eigenvalue weighted by atomic mass is 16.1. The lowest BCUT2D eigenvalue weighted by Gasteiger charge is -2.05. The highest BCUT2D eigenvalue weighted by Crippen LogP contribution is 2.15. The van der Waals surface area contributed by atoms with Gasteiger partial charge in [-0.15, -0.1) is 0 Å². The number of nitriles is 1. The van der Waals surface area contributed by atoms with Crippen molar-refractivity contribution in [2.75, 3.05) is 5.32 Å². The molecule has 0 atom stereocenters. The summed E-state index contributed by atoms with van der Waals surface area (Å²) in [5.41, 5.74) is 1.91. The number of imidazole rings is 1. The third kappa shape index (κ3) is 3.27. The van der Waals surface area contributed by atoms with E-state index in [0.717, 1.165) is 5.56 Å². The largest absolute Gasteiger partial charge is 0.316 e. The number of aromatic nitrogens is 2. The molecule has 0 saturated heterocycles. The summed E-state index contributed by atoms with van der Waals surface area (Å²) in [6.45, 7) is 0.526. The van der Waals surface area contributed by atoms with Gasteiger partial charge in [0.1, 0.15) is 6.07 Å². The van der Waals surface area contributed by atoms with Gasteiger partial charge < -0.3 is 9.88 Å². The number of anilines is 1. The summed E-state index contributed by atoms with van der Waals surface area (Å²) in [6, 6.07) is 20.7. The lowest BCUT2D eigenvalue weighted by atomic mass is 10.2. The summed E-state index contributed by atoms with van der Waals surface area (Å²) >= 11 is 0. The Balaban J connectivity index is 1.82. The predicted octanol–water partition coefficient (Wildman–Crippen LogP) is 3.06.